The third-order valence-electron chi connectivity index (χ3n) is 2.31. The van der Waals surface area contributed by atoms with Crippen LogP contribution < -0.4 is 4.74 Å². The lowest BCUT2D eigenvalue weighted by atomic mass is 10.1. The molecule has 6 heteroatoms. The second-order valence-electron chi connectivity index (χ2n) is 3.48. The molecule has 0 bridgehead atoms. The van der Waals surface area contributed by atoms with Crippen LogP contribution in [0.25, 0.3) is 0 Å². The predicted molar refractivity (Wildman–Crippen MR) is 63.5 cm³/mol. The third-order valence-corrected chi connectivity index (χ3v) is 2.97. The minimum Gasteiger partial charge on any atom is -0.465 e. The van der Waals surface area contributed by atoms with Crippen LogP contribution in [0.4, 0.5) is 8.78 Å². The SMILES string of the molecule is OC(c1ccc(OC(F)F)cc1)c1occc1Br. The van der Waals surface area contributed by atoms with Crippen LogP contribution in [-0.4, -0.2) is 11.7 Å². The molecule has 0 aliphatic heterocycles. The molecule has 0 amide bonds. The first-order valence-corrected chi connectivity index (χ1v) is 5.83. The molecule has 0 saturated heterocycles. The van der Waals surface area contributed by atoms with Crippen LogP contribution in [0.3, 0.4) is 0 Å². The maximum Gasteiger partial charge on any atom is 0.387 e. The quantitative estimate of drug-likeness (QED) is 0.934. The zero-order valence-electron chi connectivity index (χ0n) is 9.02. The summed E-state index contributed by atoms with van der Waals surface area (Å²) in [6.07, 6.45) is 0.478. The molecule has 0 aliphatic rings. The molecule has 1 heterocycles. The molecule has 1 aromatic heterocycles. The smallest absolute Gasteiger partial charge is 0.387 e. The van der Waals surface area contributed by atoms with E-state index in [1.54, 1.807) is 6.07 Å². The van der Waals surface area contributed by atoms with Gasteiger partial charge in [0.2, 0.25) is 0 Å². The van der Waals surface area contributed by atoms with Crippen molar-refractivity contribution >= 4 is 15.9 Å². The molecule has 18 heavy (non-hydrogen) atoms. The van der Waals surface area contributed by atoms with E-state index in [2.05, 4.69) is 20.7 Å². The van der Waals surface area contributed by atoms with Gasteiger partial charge in [0.25, 0.3) is 0 Å². The second kappa shape index (κ2) is 5.49. The topological polar surface area (TPSA) is 42.6 Å². The van der Waals surface area contributed by atoms with Crippen molar-refractivity contribution in [2.45, 2.75) is 12.7 Å². The van der Waals surface area contributed by atoms with E-state index in [0.29, 0.717) is 15.8 Å². The van der Waals surface area contributed by atoms with Gasteiger partial charge in [-0.15, -0.1) is 0 Å². The fourth-order valence-corrected chi connectivity index (χ4v) is 1.90. The molecule has 0 radical (unpaired) electrons. The molecule has 3 nitrogen and oxygen atoms in total. The van der Waals surface area contributed by atoms with Crippen LogP contribution in [0.2, 0.25) is 0 Å². The van der Waals surface area contributed by atoms with Gasteiger partial charge in [-0.1, -0.05) is 12.1 Å². The lowest BCUT2D eigenvalue weighted by molar-refractivity contribution is -0.0498. The number of hydrogen-bond acceptors (Lipinski definition) is 3. The number of rotatable bonds is 4. The van der Waals surface area contributed by atoms with E-state index in [0.717, 1.165) is 0 Å². The summed E-state index contributed by atoms with van der Waals surface area (Å²) >= 11 is 3.23. The van der Waals surface area contributed by atoms with Gasteiger partial charge in [-0.2, -0.15) is 8.78 Å². The van der Waals surface area contributed by atoms with Crippen molar-refractivity contribution < 1.29 is 23.0 Å². The van der Waals surface area contributed by atoms with E-state index < -0.39 is 12.7 Å². The number of furan rings is 1. The molecular formula is C12H9BrF2O3. The molecular weight excluding hydrogens is 310 g/mol. The Bertz CT molecular complexity index is 510. The van der Waals surface area contributed by atoms with Crippen LogP contribution in [-0.2, 0) is 0 Å². The molecule has 0 saturated carbocycles. The van der Waals surface area contributed by atoms with E-state index in [1.807, 2.05) is 0 Å². The second-order valence-corrected chi connectivity index (χ2v) is 4.34. The van der Waals surface area contributed by atoms with Crippen LogP contribution in [0.1, 0.15) is 17.4 Å². The van der Waals surface area contributed by atoms with Crippen LogP contribution in [0.15, 0.2) is 45.5 Å². The van der Waals surface area contributed by atoms with Gasteiger partial charge < -0.3 is 14.3 Å². The number of hydrogen-bond donors (Lipinski definition) is 1. The number of alkyl halides is 2. The van der Waals surface area contributed by atoms with E-state index in [9.17, 15) is 13.9 Å². The normalized spacial score (nSPS) is 12.7. The molecule has 2 rings (SSSR count). The average molecular weight is 319 g/mol. The van der Waals surface area contributed by atoms with Gasteiger partial charge in [-0.05, 0) is 39.7 Å². The van der Waals surface area contributed by atoms with E-state index in [-0.39, 0.29) is 5.75 Å². The number of aliphatic hydroxyl groups excluding tert-OH is 1. The van der Waals surface area contributed by atoms with Crippen molar-refractivity contribution in [3.8, 4) is 5.75 Å². The van der Waals surface area contributed by atoms with Crippen LogP contribution >= 0.6 is 15.9 Å². The lowest BCUT2D eigenvalue weighted by Gasteiger charge is -2.10. The Morgan fingerprint density at radius 3 is 2.33 bits per heavy atom. The Kier molecular flexibility index (Phi) is 3.98. The first-order valence-electron chi connectivity index (χ1n) is 5.03. The molecule has 96 valence electrons. The van der Waals surface area contributed by atoms with Gasteiger partial charge in [0, 0.05) is 0 Å². The molecule has 0 spiro atoms. The fourth-order valence-electron chi connectivity index (χ4n) is 1.48. The summed E-state index contributed by atoms with van der Waals surface area (Å²) < 4.78 is 33.9. The monoisotopic (exact) mass is 318 g/mol. The highest BCUT2D eigenvalue weighted by atomic mass is 79.9. The predicted octanol–water partition coefficient (Wildman–Crippen LogP) is 3.73. The molecule has 2 aromatic rings. The Balaban J connectivity index is 2.17. The summed E-state index contributed by atoms with van der Waals surface area (Å²) in [6.45, 7) is -2.86. The minimum absolute atomic E-state index is 0.0412. The highest BCUT2D eigenvalue weighted by molar-refractivity contribution is 9.10. The highest BCUT2D eigenvalue weighted by Crippen LogP contribution is 2.30. The molecule has 1 N–H and O–H groups in total. The molecule has 1 atom stereocenters. The maximum absolute atomic E-state index is 12.0. The maximum atomic E-state index is 12.0. The highest BCUT2D eigenvalue weighted by Gasteiger charge is 2.17. The van der Waals surface area contributed by atoms with Gasteiger partial charge in [0.15, 0.2) is 5.76 Å². The fraction of sp³-hybridized carbons (Fsp3) is 0.167. The van der Waals surface area contributed by atoms with E-state index in [1.165, 1.54) is 30.5 Å². The first kappa shape index (κ1) is 13.0. The first-order chi connectivity index (χ1) is 8.58. The van der Waals surface area contributed by atoms with Crippen LogP contribution in [0.5, 0.6) is 5.75 Å². The third kappa shape index (κ3) is 2.88. The van der Waals surface area contributed by atoms with Gasteiger partial charge in [0.05, 0.1) is 10.7 Å². The molecule has 1 aromatic carbocycles. The van der Waals surface area contributed by atoms with Gasteiger partial charge >= 0.3 is 6.61 Å². The lowest BCUT2D eigenvalue weighted by Crippen LogP contribution is -2.03. The Hall–Kier alpha value is -1.40. The van der Waals surface area contributed by atoms with Gasteiger partial charge in [-0.25, -0.2) is 0 Å². The van der Waals surface area contributed by atoms with Crippen molar-refractivity contribution in [3.05, 3.63) is 52.4 Å². The summed E-state index contributed by atoms with van der Waals surface area (Å²) in [4.78, 5) is 0. The van der Waals surface area contributed by atoms with Crippen molar-refractivity contribution in [3.63, 3.8) is 0 Å². The van der Waals surface area contributed by atoms with Crippen molar-refractivity contribution in [1.29, 1.82) is 0 Å². The Morgan fingerprint density at radius 2 is 1.83 bits per heavy atom. The van der Waals surface area contributed by atoms with E-state index in [4.69, 9.17) is 4.42 Å². The number of ether oxygens (including phenoxy) is 1. The summed E-state index contributed by atoms with van der Waals surface area (Å²) in [7, 11) is 0. The zero-order valence-corrected chi connectivity index (χ0v) is 10.6. The largest absolute Gasteiger partial charge is 0.465 e. The van der Waals surface area contributed by atoms with E-state index >= 15 is 0 Å². The minimum atomic E-state index is -2.86. The van der Waals surface area contributed by atoms with Crippen LogP contribution in [0, 0.1) is 0 Å². The van der Waals surface area contributed by atoms with Gasteiger partial charge in [-0.3, -0.25) is 0 Å². The Morgan fingerprint density at radius 1 is 1.17 bits per heavy atom. The number of benzene rings is 1. The Labute approximate surface area is 110 Å². The van der Waals surface area contributed by atoms with Crippen molar-refractivity contribution in [2.24, 2.45) is 0 Å². The van der Waals surface area contributed by atoms with Crippen molar-refractivity contribution in [1.82, 2.24) is 0 Å². The van der Waals surface area contributed by atoms with Gasteiger partial charge in [0.1, 0.15) is 11.9 Å². The standard InChI is InChI=1S/C12H9BrF2O3/c13-9-5-6-17-11(9)10(16)7-1-3-8(4-2-7)18-12(14)15/h1-6,10,12,16H. The van der Waals surface area contributed by atoms with Crippen molar-refractivity contribution in [2.75, 3.05) is 0 Å². The summed E-state index contributed by atoms with van der Waals surface area (Å²) in [5, 5.41) is 10.0. The summed E-state index contributed by atoms with van der Waals surface area (Å²) in [5.74, 6) is 0.400. The molecule has 0 aliphatic carbocycles. The molecule has 0 fully saturated rings. The molecule has 1 unspecified atom stereocenters. The average Bonchev–Trinajstić information content (AvgIpc) is 2.75. The number of aliphatic hydroxyl groups is 1. The number of halogens is 3. The summed E-state index contributed by atoms with van der Waals surface area (Å²) in [5.41, 5.74) is 0.521. The zero-order chi connectivity index (χ0) is 13.1. The summed E-state index contributed by atoms with van der Waals surface area (Å²) in [6, 6.07) is 7.38.